The minimum atomic E-state index is -0.368. The van der Waals surface area contributed by atoms with Crippen molar-refractivity contribution in [2.24, 2.45) is 0 Å². The summed E-state index contributed by atoms with van der Waals surface area (Å²) in [5.41, 5.74) is 0. The van der Waals surface area contributed by atoms with Gasteiger partial charge in [0.2, 0.25) is 11.8 Å². The zero-order valence-electron chi connectivity index (χ0n) is 12.0. The monoisotopic (exact) mass is 279 g/mol. The number of carbonyl (C=O) groups is 2. The average Bonchev–Trinajstić information content (AvgIpc) is 3.03. The highest BCUT2D eigenvalue weighted by molar-refractivity contribution is 6.05. The third-order valence-corrected chi connectivity index (χ3v) is 3.64. The Kier molecular flexibility index (Phi) is 4.84. The molecule has 0 radical (unpaired) electrons. The second-order valence-electron chi connectivity index (χ2n) is 5.09. The van der Waals surface area contributed by atoms with Crippen LogP contribution in [-0.4, -0.2) is 50.3 Å². The molecular formula is C13H21N5O2. The molecule has 0 spiro atoms. The summed E-state index contributed by atoms with van der Waals surface area (Å²) in [5, 5.41) is 10.8. The molecule has 7 heteroatoms. The van der Waals surface area contributed by atoms with Crippen molar-refractivity contribution in [1.29, 1.82) is 0 Å². The van der Waals surface area contributed by atoms with E-state index < -0.39 is 0 Å². The third-order valence-electron chi connectivity index (χ3n) is 3.64. The molecule has 1 fully saturated rings. The SMILES string of the molecule is CCC(C)N1C(=O)CC(NCCCn2ccnn2)C1=O. The fourth-order valence-electron chi connectivity index (χ4n) is 2.33. The predicted molar refractivity (Wildman–Crippen MR) is 72.7 cm³/mol. The van der Waals surface area contributed by atoms with E-state index in [0.29, 0.717) is 6.54 Å². The van der Waals surface area contributed by atoms with Crippen molar-refractivity contribution >= 4 is 11.8 Å². The first kappa shape index (κ1) is 14.6. The van der Waals surface area contributed by atoms with Gasteiger partial charge >= 0.3 is 0 Å². The smallest absolute Gasteiger partial charge is 0.247 e. The van der Waals surface area contributed by atoms with Gasteiger partial charge in [0.1, 0.15) is 0 Å². The summed E-state index contributed by atoms with van der Waals surface area (Å²) >= 11 is 0. The quantitative estimate of drug-likeness (QED) is 0.569. The highest BCUT2D eigenvalue weighted by Crippen LogP contribution is 2.17. The molecule has 0 saturated carbocycles. The Balaban J connectivity index is 1.76. The molecule has 1 aromatic heterocycles. The molecule has 20 heavy (non-hydrogen) atoms. The number of rotatable bonds is 7. The summed E-state index contributed by atoms with van der Waals surface area (Å²) in [5.74, 6) is -0.164. The van der Waals surface area contributed by atoms with Crippen LogP contribution in [0.1, 0.15) is 33.1 Å². The Hall–Kier alpha value is -1.76. The fraction of sp³-hybridized carbons (Fsp3) is 0.692. The number of hydrogen-bond donors (Lipinski definition) is 1. The minimum Gasteiger partial charge on any atom is -0.305 e. The summed E-state index contributed by atoms with van der Waals surface area (Å²) in [6.45, 7) is 5.31. The molecule has 1 saturated heterocycles. The number of nitrogens with one attached hydrogen (secondary N) is 1. The summed E-state index contributed by atoms with van der Waals surface area (Å²) < 4.78 is 1.74. The Labute approximate surface area is 118 Å². The molecule has 110 valence electrons. The van der Waals surface area contributed by atoms with Gasteiger partial charge in [0.25, 0.3) is 0 Å². The normalized spacial score (nSPS) is 20.7. The topological polar surface area (TPSA) is 80.1 Å². The number of imide groups is 1. The van der Waals surface area contributed by atoms with E-state index in [0.717, 1.165) is 19.4 Å². The van der Waals surface area contributed by atoms with Gasteiger partial charge < -0.3 is 5.32 Å². The Morgan fingerprint density at radius 1 is 1.50 bits per heavy atom. The highest BCUT2D eigenvalue weighted by Gasteiger charge is 2.39. The molecule has 7 nitrogen and oxygen atoms in total. The van der Waals surface area contributed by atoms with Gasteiger partial charge in [0, 0.05) is 18.8 Å². The molecule has 2 heterocycles. The Morgan fingerprint density at radius 3 is 2.95 bits per heavy atom. The largest absolute Gasteiger partial charge is 0.305 e. The van der Waals surface area contributed by atoms with Crippen molar-refractivity contribution in [3.63, 3.8) is 0 Å². The molecule has 2 atom stereocenters. The molecule has 0 bridgehead atoms. The van der Waals surface area contributed by atoms with E-state index in [1.54, 1.807) is 17.1 Å². The van der Waals surface area contributed by atoms with Gasteiger partial charge in [0.05, 0.1) is 18.7 Å². The Morgan fingerprint density at radius 2 is 2.30 bits per heavy atom. The van der Waals surface area contributed by atoms with Crippen LogP contribution in [0.3, 0.4) is 0 Å². The molecular weight excluding hydrogens is 258 g/mol. The number of hydrogen-bond acceptors (Lipinski definition) is 5. The van der Waals surface area contributed by atoms with E-state index >= 15 is 0 Å². The number of aryl methyl sites for hydroxylation is 1. The van der Waals surface area contributed by atoms with Gasteiger partial charge in [-0.05, 0) is 26.3 Å². The van der Waals surface area contributed by atoms with Crippen LogP contribution in [0, 0.1) is 0 Å². The molecule has 0 aliphatic carbocycles. The van der Waals surface area contributed by atoms with Crippen LogP contribution < -0.4 is 5.32 Å². The van der Waals surface area contributed by atoms with Crippen LogP contribution in [0.5, 0.6) is 0 Å². The first-order valence-electron chi connectivity index (χ1n) is 7.07. The van der Waals surface area contributed by atoms with E-state index in [-0.39, 0.29) is 30.3 Å². The maximum atomic E-state index is 12.2. The van der Waals surface area contributed by atoms with E-state index in [4.69, 9.17) is 0 Å². The highest BCUT2D eigenvalue weighted by atomic mass is 16.2. The first-order valence-corrected chi connectivity index (χ1v) is 7.07. The number of likely N-dealkylation sites (tertiary alicyclic amines) is 1. The van der Waals surface area contributed by atoms with Crippen molar-refractivity contribution in [2.45, 2.75) is 51.7 Å². The van der Waals surface area contributed by atoms with Crippen LogP contribution in [-0.2, 0) is 16.1 Å². The third kappa shape index (κ3) is 3.22. The summed E-state index contributed by atoms with van der Waals surface area (Å²) in [4.78, 5) is 25.4. The lowest BCUT2D eigenvalue weighted by atomic mass is 10.2. The van der Waals surface area contributed by atoms with Gasteiger partial charge in [-0.15, -0.1) is 5.10 Å². The first-order chi connectivity index (χ1) is 9.63. The van der Waals surface area contributed by atoms with Crippen molar-refractivity contribution in [3.05, 3.63) is 12.4 Å². The molecule has 0 aromatic carbocycles. The maximum Gasteiger partial charge on any atom is 0.247 e. The lowest BCUT2D eigenvalue weighted by Gasteiger charge is -2.21. The lowest BCUT2D eigenvalue weighted by Crippen LogP contribution is -2.43. The Bertz CT molecular complexity index is 459. The second-order valence-corrected chi connectivity index (χ2v) is 5.09. The lowest BCUT2D eigenvalue weighted by molar-refractivity contribution is -0.141. The number of carbonyl (C=O) groups excluding carboxylic acids is 2. The molecule has 1 N–H and O–H groups in total. The summed E-state index contributed by atoms with van der Waals surface area (Å²) in [6.07, 6.45) is 5.33. The second kappa shape index (κ2) is 6.60. The molecule has 1 aliphatic heterocycles. The zero-order valence-corrected chi connectivity index (χ0v) is 12.0. The molecule has 2 unspecified atom stereocenters. The average molecular weight is 279 g/mol. The number of aromatic nitrogens is 3. The van der Waals surface area contributed by atoms with Crippen molar-refractivity contribution in [3.8, 4) is 0 Å². The van der Waals surface area contributed by atoms with Crippen molar-refractivity contribution < 1.29 is 9.59 Å². The van der Waals surface area contributed by atoms with Crippen LogP contribution in [0.4, 0.5) is 0 Å². The molecule has 2 amide bonds. The van der Waals surface area contributed by atoms with Crippen LogP contribution in [0.15, 0.2) is 12.4 Å². The molecule has 1 aromatic rings. The predicted octanol–water partition coefficient (Wildman–Crippen LogP) is 0.184. The van der Waals surface area contributed by atoms with Crippen LogP contribution >= 0.6 is 0 Å². The molecule has 1 aliphatic rings. The minimum absolute atomic E-state index is 0.0167. The van der Waals surface area contributed by atoms with Gasteiger partial charge in [-0.1, -0.05) is 12.1 Å². The standard InChI is InChI=1S/C13H21N5O2/c1-3-10(2)18-12(19)9-11(13(18)20)14-5-4-7-17-8-6-15-16-17/h6,8,10-11,14H,3-5,7,9H2,1-2H3. The van der Waals surface area contributed by atoms with Crippen LogP contribution in [0.2, 0.25) is 0 Å². The van der Waals surface area contributed by atoms with Gasteiger partial charge in [-0.25, -0.2) is 0 Å². The van der Waals surface area contributed by atoms with Crippen LogP contribution in [0.25, 0.3) is 0 Å². The van der Waals surface area contributed by atoms with E-state index in [1.165, 1.54) is 4.90 Å². The number of nitrogens with zero attached hydrogens (tertiary/aromatic N) is 4. The maximum absolute atomic E-state index is 12.2. The molecule has 2 rings (SSSR count). The van der Waals surface area contributed by atoms with Gasteiger partial charge in [-0.2, -0.15) is 0 Å². The van der Waals surface area contributed by atoms with E-state index in [1.807, 2.05) is 13.8 Å². The summed E-state index contributed by atoms with van der Waals surface area (Å²) in [7, 11) is 0. The summed E-state index contributed by atoms with van der Waals surface area (Å²) in [6, 6.07) is -0.385. The van der Waals surface area contributed by atoms with Gasteiger partial charge in [0.15, 0.2) is 0 Å². The fourth-order valence-corrected chi connectivity index (χ4v) is 2.33. The van der Waals surface area contributed by atoms with Crippen molar-refractivity contribution in [2.75, 3.05) is 6.54 Å². The number of amides is 2. The zero-order chi connectivity index (χ0) is 14.5. The van der Waals surface area contributed by atoms with E-state index in [9.17, 15) is 9.59 Å². The van der Waals surface area contributed by atoms with Gasteiger partial charge in [-0.3, -0.25) is 19.2 Å². The van der Waals surface area contributed by atoms with Crippen molar-refractivity contribution in [1.82, 2.24) is 25.2 Å². The van der Waals surface area contributed by atoms with E-state index in [2.05, 4.69) is 15.6 Å².